The lowest BCUT2D eigenvalue weighted by atomic mass is 10.1. The topological polar surface area (TPSA) is 29.5 Å². The van der Waals surface area contributed by atoms with E-state index in [4.69, 9.17) is 4.74 Å². The Hall–Kier alpha value is -1.03. The number of piperidine rings is 1. The maximum absolute atomic E-state index is 12.1. The first-order valence-corrected chi connectivity index (χ1v) is 7.01. The number of amides is 1. The smallest absolute Gasteiger partial charge is 0.253 e. The Balaban J connectivity index is 2.03. The maximum atomic E-state index is 12.1. The Morgan fingerprint density at radius 1 is 1.18 bits per heavy atom. The summed E-state index contributed by atoms with van der Waals surface area (Å²) in [5.41, 5.74) is 1.21. The second kappa shape index (κ2) is 6.05. The van der Waals surface area contributed by atoms with Crippen LogP contribution in [0.1, 0.15) is 29.6 Å². The number of benzene rings is 1. The molecule has 3 nitrogen and oxygen atoms in total. The van der Waals surface area contributed by atoms with E-state index in [2.05, 4.69) is 15.9 Å². The minimum Gasteiger partial charge on any atom is -0.482 e. The molecule has 1 aliphatic heterocycles. The molecule has 4 heteroatoms. The molecule has 0 unspecified atom stereocenters. The zero-order valence-electron chi connectivity index (χ0n) is 9.69. The summed E-state index contributed by atoms with van der Waals surface area (Å²) in [5.74, 6) is 0.909. The molecule has 17 heavy (non-hydrogen) atoms. The molecular weight excluding hydrogens is 282 g/mol. The van der Waals surface area contributed by atoms with Crippen LogP contribution < -0.4 is 4.74 Å². The van der Waals surface area contributed by atoms with E-state index in [1.165, 1.54) is 6.42 Å². The molecule has 1 heterocycles. The first-order chi connectivity index (χ1) is 8.31. The van der Waals surface area contributed by atoms with Gasteiger partial charge in [0.15, 0.2) is 0 Å². The Morgan fingerprint density at radius 3 is 2.41 bits per heavy atom. The summed E-state index contributed by atoms with van der Waals surface area (Å²) in [6, 6.07) is 7.32. The molecule has 0 aliphatic carbocycles. The third-order valence-electron chi connectivity index (χ3n) is 2.97. The molecule has 0 saturated carbocycles. The van der Waals surface area contributed by atoms with Gasteiger partial charge >= 0.3 is 0 Å². The second-order valence-corrected chi connectivity index (χ2v) is 4.59. The van der Waals surface area contributed by atoms with Crippen molar-refractivity contribution in [2.45, 2.75) is 19.3 Å². The van der Waals surface area contributed by atoms with Gasteiger partial charge in [-0.3, -0.25) is 4.79 Å². The lowest BCUT2D eigenvalue weighted by Gasteiger charge is -2.26. The van der Waals surface area contributed by atoms with Crippen molar-refractivity contribution in [1.29, 1.82) is 0 Å². The van der Waals surface area contributed by atoms with Crippen LogP contribution in [0.2, 0.25) is 0 Å². The van der Waals surface area contributed by atoms with Crippen molar-refractivity contribution in [3.05, 3.63) is 29.8 Å². The summed E-state index contributed by atoms with van der Waals surface area (Å²) in [6.45, 7) is 1.77. The normalized spacial score (nSPS) is 15.7. The van der Waals surface area contributed by atoms with Crippen molar-refractivity contribution < 1.29 is 9.53 Å². The van der Waals surface area contributed by atoms with Crippen LogP contribution in [0.25, 0.3) is 0 Å². The number of ether oxygens (including phenoxy) is 1. The van der Waals surface area contributed by atoms with Crippen LogP contribution in [0.4, 0.5) is 0 Å². The van der Waals surface area contributed by atoms with Gasteiger partial charge in [-0.15, -0.1) is 0 Å². The lowest BCUT2D eigenvalue weighted by Crippen LogP contribution is -2.35. The number of carbonyl (C=O) groups is 1. The van der Waals surface area contributed by atoms with E-state index < -0.39 is 0 Å². The molecule has 1 aliphatic rings. The zero-order valence-corrected chi connectivity index (χ0v) is 11.3. The minimum atomic E-state index is 0.134. The lowest BCUT2D eigenvalue weighted by molar-refractivity contribution is 0.0724. The summed E-state index contributed by atoms with van der Waals surface area (Å²) in [4.78, 5) is 14.1. The van der Waals surface area contributed by atoms with Gasteiger partial charge in [-0.05, 0) is 59.5 Å². The molecular formula is C13H16BrNO2. The van der Waals surface area contributed by atoms with Crippen molar-refractivity contribution in [3.8, 4) is 5.75 Å². The van der Waals surface area contributed by atoms with Gasteiger partial charge in [0.2, 0.25) is 0 Å². The minimum absolute atomic E-state index is 0.134. The molecule has 92 valence electrons. The average Bonchev–Trinajstić information content (AvgIpc) is 2.40. The molecule has 1 amide bonds. The maximum Gasteiger partial charge on any atom is 0.253 e. The highest BCUT2D eigenvalue weighted by molar-refractivity contribution is 9.09. The fourth-order valence-corrected chi connectivity index (χ4v) is 2.30. The quantitative estimate of drug-likeness (QED) is 0.803. The Morgan fingerprint density at radius 2 is 1.82 bits per heavy atom. The van der Waals surface area contributed by atoms with Gasteiger partial charge in [0.25, 0.3) is 5.91 Å². The highest BCUT2D eigenvalue weighted by atomic mass is 79.9. The van der Waals surface area contributed by atoms with Crippen LogP contribution in [-0.4, -0.2) is 29.4 Å². The molecule has 2 rings (SSSR count). The molecule has 0 radical (unpaired) electrons. The van der Waals surface area contributed by atoms with E-state index in [9.17, 15) is 4.79 Å². The third-order valence-corrected chi connectivity index (χ3v) is 3.19. The number of hydrogen-bond donors (Lipinski definition) is 0. The number of alkyl halides is 1. The van der Waals surface area contributed by atoms with Crippen molar-refractivity contribution in [2.75, 3.05) is 18.6 Å². The standard InChI is InChI=1S/C13H16BrNO2/c14-10-17-12-6-4-11(5-7-12)13(16)15-8-2-1-3-9-15/h4-7H,1-3,8-10H2. The number of likely N-dealkylation sites (tertiary alicyclic amines) is 1. The van der Waals surface area contributed by atoms with Crippen LogP contribution in [0, 0.1) is 0 Å². The number of halogens is 1. The summed E-state index contributed by atoms with van der Waals surface area (Å²) >= 11 is 3.20. The first kappa shape index (κ1) is 12.4. The molecule has 1 saturated heterocycles. The van der Waals surface area contributed by atoms with Crippen molar-refractivity contribution >= 4 is 21.8 Å². The average molecular weight is 298 g/mol. The largest absolute Gasteiger partial charge is 0.482 e. The Kier molecular flexibility index (Phi) is 4.42. The van der Waals surface area contributed by atoms with E-state index in [1.807, 2.05) is 29.2 Å². The molecule has 0 N–H and O–H groups in total. The van der Waals surface area contributed by atoms with Gasteiger partial charge in [-0.2, -0.15) is 0 Å². The van der Waals surface area contributed by atoms with Crippen LogP contribution in [-0.2, 0) is 0 Å². The third kappa shape index (κ3) is 3.22. The molecule has 1 fully saturated rings. The van der Waals surface area contributed by atoms with E-state index in [0.717, 1.165) is 37.2 Å². The van der Waals surface area contributed by atoms with Gasteiger partial charge in [0.05, 0.1) is 0 Å². The number of nitrogens with zero attached hydrogens (tertiary/aromatic N) is 1. The summed E-state index contributed by atoms with van der Waals surface area (Å²) in [5, 5.41) is 0. The highest BCUT2D eigenvalue weighted by Gasteiger charge is 2.17. The first-order valence-electron chi connectivity index (χ1n) is 5.89. The summed E-state index contributed by atoms with van der Waals surface area (Å²) in [7, 11) is 0. The molecule has 0 atom stereocenters. The van der Waals surface area contributed by atoms with E-state index in [1.54, 1.807) is 0 Å². The van der Waals surface area contributed by atoms with E-state index in [-0.39, 0.29) is 5.91 Å². The van der Waals surface area contributed by atoms with Crippen LogP contribution in [0.5, 0.6) is 5.75 Å². The van der Waals surface area contributed by atoms with Gasteiger partial charge in [0.1, 0.15) is 11.3 Å². The molecule has 1 aromatic rings. The van der Waals surface area contributed by atoms with Crippen LogP contribution in [0.15, 0.2) is 24.3 Å². The van der Waals surface area contributed by atoms with Crippen LogP contribution >= 0.6 is 15.9 Å². The van der Waals surface area contributed by atoms with Crippen molar-refractivity contribution in [2.24, 2.45) is 0 Å². The zero-order chi connectivity index (χ0) is 12.1. The van der Waals surface area contributed by atoms with Gasteiger partial charge < -0.3 is 9.64 Å². The van der Waals surface area contributed by atoms with Crippen molar-refractivity contribution in [3.63, 3.8) is 0 Å². The van der Waals surface area contributed by atoms with Crippen LogP contribution in [0.3, 0.4) is 0 Å². The SMILES string of the molecule is O=C(c1ccc(OCBr)cc1)N1CCCCC1. The van der Waals surface area contributed by atoms with Gasteiger partial charge in [0, 0.05) is 18.7 Å². The summed E-state index contributed by atoms with van der Waals surface area (Å²) < 4.78 is 5.28. The van der Waals surface area contributed by atoms with Gasteiger partial charge in [-0.25, -0.2) is 0 Å². The Labute approximate surface area is 110 Å². The predicted octanol–water partition coefficient (Wildman–Crippen LogP) is 3.04. The Bertz CT molecular complexity index is 372. The molecule has 0 aromatic heterocycles. The number of rotatable bonds is 3. The van der Waals surface area contributed by atoms with Crippen molar-refractivity contribution in [1.82, 2.24) is 4.90 Å². The van der Waals surface area contributed by atoms with Gasteiger partial charge in [-0.1, -0.05) is 0 Å². The fraction of sp³-hybridized carbons (Fsp3) is 0.462. The summed E-state index contributed by atoms with van der Waals surface area (Å²) in [6.07, 6.45) is 3.48. The molecule has 0 bridgehead atoms. The number of hydrogen-bond acceptors (Lipinski definition) is 2. The highest BCUT2D eigenvalue weighted by Crippen LogP contribution is 2.16. The second-order valence-electron chi connectivity index (χ2n) is 4.13. The van der Waals surface area contributed by atoms with E-state index in [0.29, 0.717) is 5.52 Å². The monoisotopic (exact) mass is 297 g/mol. The fourth-order valence-electron chi connectivity index (χ4n) is 2.04. The molecule has 0 spiro atoms. The predicted molar refractivity (Wildman–Crippen MR) is 70.6 cm³/mol. The van der Waals surface area contributed by atoms with E-state index >= 15 is 0 Å². The number of carbonyl (C=O) groups excluding carboxylic acids is 1. The molecule has 1 aromatic carbocycles.